The number of carbonyl (C=O) groups is 2. The number of carbonyl (C=O) groups excluding carboxylic acids is 2. The third-order valence-electron chi connectivity index (χ3n) is 2.43. The predicted octanol–water partition coefficient (Wildman–Crippen LogP) is 1.64. The van der Waals surface area contributed by atoms with Crippen LogP contribution in [0.2, 0.25) is 0 Å². The monoisotopic (exact) mass is 295 g/mol. The lowest BCUT2D eigenvalue weighted by Crippen LogP contribution is -2.27. The highest BCUT2D eigenvalue weighted by Crippen LogP contribution is 2.30. The summed E-state index contributed by atoms with van der Waals surface area (Å²) < 4.78 is 4.93. The smallest absolute Gasteiger partial charge is 0.401 e. The van der Waals surface area contributed by atoms with Crippen molar-refractivity contribution in [2.24, 2.45) is 4.99 Å². The highest BCUT2D eigenvalue weighted by molar-refractivity contribution is 8.18. The Morgan fingerprint density at radius 1 is 1.55 bits per heavy atom. The molecular weight excluding hydrogens is 286 g/mol. The second kappa shape index (κ2) is 5.29. The summed E-state index contributed by atoms with van der Waals surface area (Å²) in [5.74, 6) is -1.00. The predicted molar refractivity (Wildman–Crippen MR) is 71.8 cm³/mol. The molecular formula is C11H9N3O5S. The fraction of sp³-hybridized carbons (Fsp3) is 0.182. The first-order valence-corrected chi connectivity index (χ1v) is 6.21. The highest BCUT2D eigenvalue weighted by atomic mass is 32.2. The fourth-order valence-corrected chi connectivity index (χ4v) is 2.22. The van der Waals surface area contributed by atoms with Gasteiger partial charge in [0.15, 0.2) is 5.17 Å². The third kappa shape index (κ3) is 2.77. The van der Waals surface area contributed by atoms with E-state index in [4.69, 9.17) is 4.42 Å². The zero-order valence-electron chi connectivity index (χ0n) is 10.5. The lowest BCUT2D eigenvalue weighted by molar-refractivity contribution is -0.402. The molecule has 1 aromatic rings. The Hall–Kier alpha value is -2.42. The van der Waals surface area contributed by atoms with Gasteiger partial charge in [-0.3, -0.25) is 24.6 Å². The summed E-state index contributed by atoms with van der Waals surface area (Å²) >= 11 is 1.00. The second-order valence-corrected chi connectivity index (χ2v) is 4.83. The molecule has 0 saturated heterocycles. The standard InChI is InChI=1S/C11H9N3O5S/c1-6(15)13(2)11-12-10(16)8(20-11)5-7-3-4-9(19-7)14(17)18/h3-5H,1-2H3/b8-5-. The second-order valence-electron chi connectivity index (χ2n) is 3.82. The first-order valence-electron chi connectivity index (χ1n) is 5.39. The number of hydrogen-bond acceptors (Lipinski definition) is 6. The molecule has 9 heteroatoms. The van der Waals surface area contributed by atoms with E-state index in [9.17, 15) is 19.7 Å². The van der Waals surface area contributed by atoms with E-state index in [1.807, 2.05) is 0 Å². The zero-order valence-corrected chi connectivity index (χ0v) is 11.3. The molecule has 0 N–H and O–H groups in total. The zero-order chi connectivity index (χ0) is 14.9. The number of amides is 2. The molecule has 1 aliphatic rings. The lowest BCUT2D eigenvalue weighted by Gasteiger charge is -2.11. The highest BCUT2D eigenvalue weighted by Gasteiger charge is 2.26. The van der Waals surface area contributed by atoms with E-state index in [-0.39, 0.29) is 21.7 Å². The Kier molecular flexibility index (Phi) is 3.70. The summed E-state index contributed by atoms with van der Waals surface area (Å²) in [5, 5.41) is 10.7. The van der Waals surface area contributed by atoms with Gasteiger partial charge < -0.3 is 4.42 Å². The van der Waals surface area contributed by atoms with Crippen LogP contribution >= 0.6 is 11.8 Å². The molecule has 1 aliphatic heterocycles. The molecule has 0 unspecified atom stereocenters. The first-order chi connectivity index (χ1) is 9.38. The summed E-state index contributed by atoms with van der Waals surface area (Å²) in [6.45, 7) is 1.35. The maximum Gasteiger partial charge on any atom is 0.433 e. The minimum atomic E-state index is -0.670. The molecule has 0 atom stereocenters. The van der Waals surface area contributed by atoms with Gasteiger partial charge in [0.2, 0.25) is 5.91 Å². The van der Waals surface area contributed by atoms with E-state index in [1.165, 1.54) is 37.1 Å². The Balaban J connectivity index is 2.19. The van der Waals surface area contributed by atoms with Crippen LogP contribution in [0.4, 0.5) is 5.88 Å². The lowest BCUT2D eigenvalue weighted by atomic mass is 10.4. The van der Waals surface area contributed by atoms with Gasteiger partial charge in [-0.25, -0.2) is 0 Å². The van der Waals surface area contributed by atoms with Gasteiger partial charge >= 0.3 is 5.88 Å². The van der Waals surface area contributed by atoms with Gasteiger partial charge in [0, 0.05) is 20.0 Å². The topological polar surface area (TPSA) is 106 Å². The Labute approximate surface area is 117 Å². The Morgan fingerprint density at radius 3 is 2.80 bits per heavy atom. The maximum atomic E-state index is 11.7. The minimum absolute atomic E-state index is 0.175. The molecule has 0 radical (unpaired) electrons. The van der Waals surface area contributed by atoms with Crippen molar-refractivity contribution in [1.82, 2.24) is 4.90 Å². The van der Waals surface area contributed by atoms with Crippen LogP contribution in [0.1, 0.15) is 12.7 Å². The van der Waals surface area contributed by atoms with E-state index in [0.717, 1.165) is 11.8 Å². The van der Waals surface area contributed by atoms with Crippen molar-refractivity contribution in [1.29, 1.82) is 0 Å². The van der Waals surface area contributed by atoms with E-state index in [2.05, 4.69) is 4.99 Å². The number of furan rings is 1. The van der Waals surface area contributed by atoms with Gasteiger partial charge in [0.1, 0.15) is 10.7 Å². The van der Waals surface area contributed by atoms with Crippen LogP contribution in [0.25, 0.3) is 6.08 Å². The summed E-state index contributed by atoms with van der Waals surface area (Å²) in [5.41, 5.74) is 0. The van der Waals surface area contributed by atoms with Crippen LogP contribution in [0, 0.1) is 10.1 Å². The van der Waals surface area contributed by atoms with Crippen molar-refractivity contribution in [3.8, 4) is 0 Å². The molecule has 0 aliphatic carbocycles. The number of rotatable bonds is 2. The normalized spacial score (nSPS) is 16.4. The summed E-state index contributed by atoms with van der Waals surface area (Å²) in [6.07, 6.45) is 1.35. The Morgan fingerprint density at radius 2 is 2.25 bits per heavy atom. The molecule has 0 spiro atoms. The van der Waals surface area contributed by atoms with Crippen molar-refractivity contribution < 1.29 is 18.9 Å². The quantitative estimate of drug-likeness (QED) is 0.466. The molecule has 2 heterocycles. The third-order valence-corrected chi connectivity index (χ3v) is 3.49. The number of hydrogen-bond donors (Lipinski definition) is 0. The number of aliphatic imine (C=N–C) groups is 1. The van der Waals surface area contributed by atoms with Crippen molar-refractivity contribution in [3.05, 3.63) is 32.9 Å². The minimum Gasteiger partial charge on any atom is -0.401 e. The molecule has 8 nitrogen and oxygen atoms in total. The van der Waals surface area contributed by atoms with E-state index in [1.54, 1.807) is 0 Å². The fourth-order valence-electron chi connectivity index (χ4n) is 1.32. The van der Waals surface area contributed by atoms with Gasteiger partial charge in [0.25, 0.3) is 5.91 Å². The average molecular weight is 295 g/mol. The van der Waals surface area contributed by atoms with Crippen LogP contribution in [0.3, 0.4) is 0 Å². The maximum absolute atomic E-state index is 11.7. The summed E-state index contributed by atoms with van der Waals surface area (Å²) in [6, 6.07) is 2.58. The van der Waals surface area contributed by atoms with E-state index < -0.39 is 16.7 Å². The van der Waals surface area contributed by atoms with Crippen LogP contribution in [0.15, 0.2) is 26.4 Å². The average Bonchev–Trinajstić information content (AvgIpc) is 2.97. The van der Waals surface area contributed by atoms with E-state index in [0.29, 0.717) is 0 Å². The molecule has 0 bridgehead atoms. The largest absolute Gasteiger partial charge is 0.433 e. The van der Waals surface area contributed by atoms with Crippen molar-refractivity contribution in [2.75, 3.05) is 7.05 Å². The van der Waals surface area contributed by atoms with Gasteiger partial charge in [-0.1, -0.05) is 0 Å². The Bertz CT molecular complexity index is 661. The van der Waals surface area contributed by atoms with Gasteiger partial charge in [0.05, 0.1) is 11.0 Å². The van der Waals surface area contributed by atoms with Crippen molar-refractivity contribution in [3.63, 3.8) is 0 Å². The van der Waals surface area contributed by atoms with Crippen LogP contribution in [-0.2, 0) is 9.59 Å². The van der Waals surface area contributed by atoms with E-state index >= 15 is 0 Å². The van der Waals surface area contributed by atoms with Gasteiger partial charge in [-0.05, 0) is 17.8 Å². The number of amidine groups is 1. The van der Waals surface area contributed by atoms with Gasteiger partial charge in [-0.2, -0.15) is 4.99 Å². The molecule has 0 fully saturated rings. The SMILES string of the molecule is CC(=O)N(C)C1=NC(=O)/C(=C/c2ccc([N+](=O)[O-])o2)S1. The van der Waals surface area contributed by atoms with Gasteiger partial charge in [-0.15, -0.1) is 0 Å². The van der Waals surface area contributed by atoms with Crippen molar-refractivity contribution >= 4 is 40.7 Å². The molecule has 104 valence electrons. The van der Waals surface area contributed by atoms with Crippen LogP contribution in [0.5, 0.6) is 0 Å². The first kappa shape index (κ1) is 14.0. The molecule has 0 aromatic carbocycles. The molecule has 1 aromatic heterocycles. The number of nitrogens with zero attached hydrogens (tertiary/aromatic N) is 3. The number of nitro groups is 1. The molecule has 2 rings (SSSR count). The summed E-state index contributed by atoms with van der Waals surface area (Å²) in [7, 11) is 1.50. The molecule has 20 heavy (non-hydrogen) atoms. The molecule has 2 amide bonds. The number of thioether (sulfide) groups is 1. The van der Waals surface area contributed by atoms with Crippen molar-refractivity contribution in [2.45, 2.75) is 6.92 Å². The summed E-state index contributed by atoms with van der Waals surface area (Å²) in [4.78, 5) is 37.9. The van der Waals surface area contributed by atoms with Crippen LogP contribution in [-0.4, -0.2) is 33.9 Å². The molecule has 0 saturated carbocycles. The van der Waals surface area contributed by atoms with Crippen LogP contribution < -0.4 is 0 Å².